The van der Waals surface area contributed by atoms with E-state index >= 15 is 0 Å². The van der Waals surface area contributed by atoms with E-state index in [2.05, 4.69) is 9.97 Å². The van der Waals surface area contributed by atoms with Gasteiger partial charge < -0.3 is 4.98 Å². The number of aromatic nitrogens is 2. The molecule has 100 valence electrons. The summed E-state index contributed by atoms with van der Waals surface area (Å²) in [5.74, 6) is 0. The molecular formula is C13H11F3N2S. The lowest BCUT2D eigenvalue weighted by atomic mass is 10.0. The van der Waals surface area contributed by atoms with Crippen molar-refractivity contribution in [2.45, 2.75) is 19.5 Å². The van der Waals surface area contributed by atoms with E-state index in [4.69, 9.17) is 12.2 Å². The van der Waals surface area contributed by atoms with Gasteiger partial charge in [0.05, 0.1) is 17.6 Å². The Morgan fingerprint density at radius 1 is 1.21 bits per heavy atom. The van der Waals surface area contributed by atoms with Crippen molar-refractivity contribution >= 4 is 12.2 Å². The molecule has 0 bridgehead atoms. The summed E-state index contributed by atoms with van der Waals surface area (Å²) in [7, 11) is 0. The maximum absolute atomic E-state index is 12.5. The van der Waals surface area contributed by atoms with Gasteiger partial charge in [0.25, 0.3) is 0 Å². The molecule has 1 heterocycles. The predicted octanol–water partition coefficient (Wildman–Crippen LogP) is 4.39. The van der Waals surface area contributed by atoms with Gasteiger partial charge >= 0.3 is 6.18 Å². The smallest absolute Gasteiger partial charge is 0.346 e. The number of hydrogen-bond acceptors (Lipinski definition) is 2. The number of rotatable bonds is 2. The first-order chi connectivity index (χ1) is 8.93. The Hall–Kier alpha value is -1.69. The molecule has 0 unspecified atom stereocenters. The topological polar surface area (TPSA) is 28.7 Å². The van der Waals surface area contributed by atoms with Crippen LogP contribution in [0.3, 0.4) is 0 Å². The lowest BCUT2D eigenvalue weighted by molar-refractivity contribution is -0.137. The molecule has 2 rings (SSSR count). The van der Waals surface area contributed by atoms with Crippen molar-refractivity contribution in [3.63, 3.8) is 0 Å². The lowest BCUT2D eigenvalue weighted by Crippen LogP contribution is -2.04. The summed E-state index contributed by atoms with van der Waals surface area (Å²) < 4.78 is 38.0. The molecule has 0 atom stereocenters. The molecule has 0 saturated carbocycles. The van der Waals surface area contributed by atoms with Gasteiger partial charge in [-0.1, -0.05) is 31.3 Å². The van der Waals surface area contributed by atoms with Crippen molar-refractivity contribution in [1.82, 2.24) is 9.97 Å². The average molecular weight is 284 g/mol. The normalized spacial score (nSPS) is 11.6. The highest BCUT2D eigenvalue weighted by molar-refractivity contribution is 7.71. The number of aromatic amines is 1. The molecule has 0 aliphatic rings. The molecule has 2 nitrogen and oxygen atoms in total. The summed E-state index contributed by atoms with van der Waals surface area (Å²) in [6, 6.07) is 4.99. The van der Waals surface area contributed by atoms with Crippen LogP contribution in [0, 0.1) is 4.64 Å². The van der Waals surface area contributed by atoms with E-state index in [1.165, 1.54) is 18.5 Å². The zero-order valence-corrected chi connectivity index (χ0v) is 10.9. The molecule has 19 heavy (non-hydrogen) atoms. The van der Waals surface area contributed by atoms with E-state index in [0.717, 1.165) is 23.4 Å². The molecule has 0 amide bonds. The first-order valence-corrected chi connectivity index (χ1v) is 6.08. The molecule has 0 fully saturated rings. The molecule has 0 spiro atoms. The van der Waals surface area contributed by atoms with Crippen LogP contribution in [0.25, 0.3) is 11.3 Å². The van der Waals surface area contributed by atoms with Crippen molar-refractivity contribution in [1.29, 1.82) is 0 Å². The van der Waals surface area contributed by atoms with Crippen LogP contribution in [0.2, 0.25) is 0 Å². The molecule has 0 aliphatic carbocycles. The molecule has 6 heteroatoms. The molecular weight excluding hydrogens is 273 g/mol. The van der Waals surface area contributed by atoms with Gasteiger partial charge in [-0.25, -0.2) is 4.98 Å². The molecule has 1 aromatic carbocycles. The number of nitrogens with zero attached hydrogens (tertiary/aromatic N) is 1. The molecule has 1 aromatic heterocycles. The largest absolute Gasteiger partial charge is 0.416 e. The standard InChI is InChI=1S/C13H11F3N2S/c1-2-10-11(17-7-18-12(10)19)8-3-5-9(6-4-8)13(14,15)16/h3-7H,2H2,1H3,(H,17,18,19). The highest BCUT2D eigenvalue weighted by Crippen LogP contribution is 2.31. The van der Waals surface area contributed by atoms with Gasteiger partial charge in [0.2, 0.25) is 0 Å². The van der Waals surface area contributed by atoms with Crippen LogP contribution in [-0.2, 0) is 12.6 Å². The van der Waals surface area contributed by atoms with Gasteiger partial charge in [-0.15, -0.1) is 0 Å². The minimum Gasteiger partial charge on any atom is -0.346 e. The zero-order valence-electron chi connectivity index (χ0n) is 10.1. The van der Waals surface area contributed by atoms with Gasteiger partial charge in [-0.2, -0.15) is 13.2 Å². The van der Waals surface area contributed by atoms with Crippen molar-refractivity contribution in [3.8, 4) is 11.3 Å². The Labute approximate surface area is 113 Å². The summed E-state index contributed by atoms with van der Waals surface area (Å²) in [5.41, 5.74) is 1.55. The van der Waals surface area contributed by atoms with E-state index in [9.17, 15) is 13.2 Å². The van der Waals surface area contributed by atoms with Crippen LogP contribution in [0.5, 0.6) is 0 Å². The average Bonchev–Trinajstić information content (AvgIpc) is 2.37. The van der Waals surface area contributed by atoms with Crippen molar-refractivity contribution in [2.24, 2.45) is 0 Å². The minimum absolute atomic E-state index is 0.469. The van der Waals surface area contributed by atoms with Crippen LogP contribution in [0.4, 0.5) is 13.2 Å². The van der Waals surface area contributed by atoms with Gasteiger partial charge in [0, 0.05) is 5.56 Å². The van der Waals surface area contributed by atoms with Gasteiger partial charge in [-0.3, -0.25) is 0 Å². The van der Waals surface area contributed by atoms with E-state index in [1.54, 1.807) is 0 Å². The van der Waals surface area contributed by atoms with E-state index in [-0.39, 0.29) is 0 Å². The second-order valence-electron chi connectivity index (χ2n) is 3.99. The Morgan fingerprint density at radius 3 is 2.37 bits per heavy atom. The Kier molecular flexibility index (Phi) is 3.71. The summed E-state index contributed by atoms with van der Waals surface area (Å²) >= 11 is 5.11. The predicted molar refractivity (Wildman–Crippen MR) is 69.2 cm³/mol. The second kappa shape index (κ2) is 5.13. The van der Waals surface area contributed by atoms with Gasteiger partial charge in [-0.05, 0) is 24.1 Å². The minimum atomic E-state index is -4.32. The Morgan fingerprint density at radius 2 is 1.84 bits per heavy atom. The number of nitrogens with one attached hydrogen (secondary N) is 1. The summed E-state index contributed by atoms with van der Waals surface area (Å²) in [5, 5.41) is 0. The molecule has 0 saturated heterocycles. The number of halogens is 3. The third-order valence-electron chi connectivity index (χ3n) is 2.81. The lowest BCUT2D eigenvalue weighted by Gasteiger charge is -2.10. The van der Waals surface area contributed by atoms with Crippen LogP contribution in [-0.4, -0.2) is 9.97 Å². The maximum atomic E-state index is 12.5. The van der Waals surface area contributed by atoms with Crippen molar-refractivity contribution < 1.29 is 13.2 Å². The summed E-state index contributed by atoms with van der Waals surface area (Å²) in [6.07, 6.45) is -2.20. The van der Waals surface area contributed by atoms with Crippen LogP contribution < -0.4 is 0 Å². The third-order valence-corrected chi connectivity index (χ3v) is 3.16. The SMILES string of the molecule is CCc1c(-c2ccc(C(F)(F)F)cc2)[nH]cnc1=S. The van der Waals surface area contributed by atoms with Gasteiger partial charge in [0.15, 0.2) is 0 Å². The fourth-order valence-electron chi connectivity index (χ4n) is 1.84. The Balaban J connectivity index is 2.49. The number of alkyl halides is 3. The first kappa shape index (κ1) is 13.7. The maximum Gasteiger partial charge on any atom is 0.416 e. The van der Waals surface area contributed by atoms with E-state index in [0.29, 0.717) is 16.6 Å². The van der Waals surface area contributed by atoms with Crippen molar-refractivity contribution in [2.75, 3.05) is 0 Å². The summed E-state index contributed by atoms with van der Waals surface area (Å²) in [4.78, 5) is 6.92. The van der Waals surface area contributed by atoms with Gasteiger partial charge in [0.1, 0.15) is 4.64 Å². The highest BCUT2D eigenvalue weighted by atomic mass is 32.1. The Bertz CT molecular complexity index is 630. The molecule has 0 radical (unpaired) electrons. The molecule has 2 aromatic rings. The fourth-order valence-corrected chi connectivity index (χ4v) is 2.14. The summed E-state index contributed by atoms with van der Waals surface area (Å²) in [6.45, 7) is 1.92. The fraction of sp³-hybridized carbons (Fsp3) is 0.231. The van der Waals surface area contributed by atoms with Crippen LogP contribution >= 0.6 is 12.2 Å². The first-order valence-electron chi connectivity index (χ1n) is 5.67. The van der Waals surface area contributed by atoms with E-state index in [1.807, 2.05) is 6.92 Å². The van der Waals surface area contributed by atoms with E-state index < -0.39 is 11.7 Å². The number of benzene rings is 1. The third kappa shape index (κ3) is 2.84. The monoisotopic (exact) mass is 284 g/mol. The van der Waals surface area contributed by atoms with Crippen LogP contribution in [0.15, 0.2) is 30.6 Å². The van der Waals surface area contributed by atoms with Crippen molar-refractivity contribution in [3.05, 3.63) is 46.4 Å². The second-order valence-corrected chi connectivity index (χ2v) is 4.38. The zero-order chi connectivity index (χ0) is 14.0. The number of H-pyrrole nitrogens is 1. The highest BCUT2D eigenvalue weighted by Gasteiger charge is 2.30. The molecule has 1 N–H and O–H groups in total. The molecule has 0 aliphatic heterocycles. The number of hydrogen-bond donors (Lipinski definition) is 1. The van der Waals surface area contributed by atoms with Crippen LogP contribution in [0.1, 0.15) is 18.1 Å². The quantitative estimate of drug-likeness (QED) is 0.829.